The normalized spacial score (nSPS) is 10.9. The Morgan fingerprint density at radius 1 is 1.32 bits per heavy atom. The van der Waals surface area contributed by atoms with Gasteiger partial charge in [-0.2, -0.15) is 0 Å². The summed E-state index contributed by atoms with van der Waals surface area (Å²) in [5.41, 5.74) is 1.61. The van der Waals surface area contributed by atoms with Crippen molar-refractivity contribution >= 4 is 23.5 Å². The van der Waals surface area contributed by atoms with Crippen molar-refractivity contribution in [2.75, 3.05) is 0 Å². The van der Waals surface area contributed by atoms with E-state index in [-0.39, 0.29) is 5.78 Å². The van der Waals surface area contributed by atoms with Crippen LogP contribution in [0.1, 0.15) is 21.6 Å². The van der Waals surface area contributed by atoms with Crippen molar-refractivity contribution in [1.82, 2.24) is 4.98 Å². The lowest BCUT2D eigenvalue weighted by atomic mass is 10.1. The number of aromatic nitrogens is 1. The number of ketones is 1. The summed E-state index contributed by atoms with van der Waals surface area (Å²) in [5, 5.41) is 0.325. The third-order valence-electron chi connectivity index (χ3n) is 2.56. The molecule has 0 bridgehead atoms. The van der Waals surface area contributed by atoms with Gasteiger partial charge in [-0.05, 0) is 43.3 Å². The quantitative estimate of drug-likeness (QED) is 0.624. The summed E-state index contributed by atoms with van der Waals surface area (Å²) in [6.45, 7) is 1.80. The highest BCUT2D eigenvalue weighted by molar-refractivity contribution is 6.30. The van der Waals surface area contributed by atoms with Gasteiger partial charge in [0.2, 0.25) is 0 Å². The first-order valence-corrected chi connectivity index (χ1v) is 6.04. The minimum Gasteiger partial charge on any atom is -0.289 e. The highest BCUT2D eigenvalue weighted by Gasteiger charge is 2.03. The smallest absolute Gasteiger partial charge is 0.185 e. The largest absolute Gasteiger partial charge is 0.289 e. The molecule has 96 valence electrons. The van der Waals surface area contributed by atoms with Gasteiger partial charge in [0.1, 0.15) is 5.82 Å². The van der Waals surface area contributed by atoms with Crippen molar-refractivity contribution < 1.29 is 9.18 Å². The molecule has 0 aliphatic rings. The Balaban J connectivity index is 2.21. The number of pyridine rings is 1. The summed E-state index contributed by atoms with van der Waals surface area (Å²) < 4.78 is 13.5. The maximum Gasteiger partial charge on any atom is 0.185 e. The third kappa shape index (κ3) is 3.48. The SMILES string of the molecule is Cc1cc(C(=O)C=Cc2ccc(Cl)cc2F)ccn1. The van der Waals surface area contributed by atoms with E-state index in [1.807, 2.05) is 0 Å². The van der Waals surface area contributed by atoms with Crippen LogP contribution in [0.25, 0.3) is 6.08 Å². The molecule has 1 aromatic carbocycles. The van der Waals surface area contributed by atoms with Crippen molar-refractivity contribution in [3.05, 3.63) is 70.3 Å². The number of benzene rings is 1. The van der Waals surface area contributed by atoms with E-state index >= 15 is 0 Å². The maximum absolute atomic E-state index is 13.5. The lowest BCUT2D eigenvalue weighted by Crippen LogP contribution is -1.95. The summed E-state index contributed by atoms with van der Waals surface area (Å²) >= 11 is 5.65. The van der Waals surface area contributed by atoms with Crippen LogP contribution < -0.4 is 0 Å². The summed E-state index contributed by atoms with van der Waals surface area (Å²) in [7, 11) is 0. The molecule has 2 rings (SSSR count). The lowest BCUT2D eigenvalue weighted by Gasteiger charge is -1.98. The van der Waals surface area contributed by atoms with Gasteiger partial charge in [-0.3, -0.25) is 9.78 Å². The van der Waals surface area contributed by atoms with E-state index in [0.717, 1.165) is 5.69 Å². The molecule has 0 unspecified atom stereocenters. The fourth-order valence-corrected chi connectivity index (χ4v) is 1.76. The topological polar surface area (TPSA) is 30.0 Å². The van der Waals surface area contributed by atoms with Crippen LogP contribution in [0.3, 0.4) is 0 Å². The summed E-state index contributed by atoms with van der Waals surface area (Å²) in [6.07, 6.45) is 4.34. The van der Waals surface area contributed by atoms with Gasteiger partial charge in [0, 0.05) is 28.0 Å². The molecule has 0 amide bonds. The van der Waals surface area contributed by atoms with Gasteiger partial charge >= 0.3 is 0 Å². The number of carbonyl (C=O) groups is 1. The highest BCUT2D eigenvalue weighted by atomic mass is 35.5. The van der Waals surface area contributed by atoms with E-state index in [1.54, 1.807) is 31.3 Å². The number of rotatable bonds is 3. The number of hydrogen-bond acceptors (Lipinski definition) is 2. The molecule has 1 aromatic heterocycles. The Bertz CT molecular complexity index is 652. The molecule has 19 heavy (non-hydrogen) atoms. The maximum atomic E-state index is 13.5. The van der Waals surface area contributed by atoms with Crippen LogP contribution >= 0.6 is 11.6 Å². The molecule has 0 fully saturated rings. The second kappa shape index (κ2) is 5.76. The van der Waals surface area contributed by atoms with Crippen molar-refractivity contribution in [2.24, 2.45) is 0 Å². The van der Waals surface area contributed by atoms with Crippen molar-refractivity contribution in [3.63, 3.8) is 0 Å². The molecule has 1 heterocycles. The van der Waals surface area contributed by atoms with E-state index in [2.05, 4.69) is 4.98 Å². The van der Waals surface area contributed by atoms with Gasteiger partial charge < -0.3 is 0 Å². The molecule has 0 aliphatic heterocycles. The van der Waals surface area contributed by atoms with E-state index in [1.165, 1.54) is 24.3 Å². The van der Waals surface area contributed by atoms with Crippen molar-refractivity contribution in [2.45, 2.75) is 6.92 Å². The molecule has 0 radical (unpaired) electrons. The van der Waals surface area contributed by atoms with Crippen LogP contribution in [0.4, 0.5) is 4.39 Å². The molecular weight excluding hydrogens is 265 g/mol. The predicted octanol–water partition coefficient (Wildman–Crippen LogP) is 4.08. The van der Waals surface area contributed by atoms with E-state index < -0.39 is 5.82 Å². The second-order valence-electron chi connectivity index (χ2n) is 4.05. The van der Waals surface area contributed by atoms with Gasteiger partial charge in [0.15, 0.2) is 5.78 Å². The molecule has 0 aliphatic carbocycles. The second-order valence-corrected chi connectivity index (χ2v) is 4.49. The molecule has 0 N–H and O–H groups in total. The molecule has 0 spiro atoms. The standard InChI is InChI=1S/C15H11ClFNO/c1-10-8-12(6-7-18-10)15(19)5-3-11-2-4-13(16)9-14(11)17/h2-9H,1H3. The fraction of sp³-hybridized carbons (Fsp3) is 0.0667. The molecule has 0 saturated carbocycles. The number of hydrogen-bond donors (Lipinski definition) is 0. The van der Waals surface area contributed by atoms with Crippen molar-refractivity contribution in [3.8, 4) is 0 Å². The Morgan fingerprint density at radius 2 is 2.11 bits per heavy atom. The Hall–Kier alpha value is -2.00. The molecule has 2 aromatic rings. The summed E-state index contributed by atoms with van der Waals surface area (Å²) in [5.74, 6) is -0.651. The van der Waals surface area contributed by atoms with Crippen LogP contribution in [-0.4, -0.2) is 10.8 Å². The first-order chi connectivity index (χ1) is 9.06. The Morgan fingerprint density at radius 3 is 2.79 bits per heavy atom. The summed E-state index contributed by atoms with van der Waals surface area (Å²) in [4.78, 5) is 15.9. The zero-order valence-corrected chi connectivity index (χ0v) is 11.0. The van der Waals surface area contributed by atoms with Crippen LogP contribution in [0.5, 0.6) is 0 Å². The van der Waals surface area contributed by atoms with Crippen LogP contribution in [0, 0.1) is 12.7 Å². The van der Waals surface area contributed by atoms with Gasteiger partial charge in [0.25, 0.3) is 0 Å². The molecular formula is C15H11ClFNO. The van der Waals surface area contributed by atoms with E-state index in [4.69, 9.17) is 11.6 Å². The average Bonchev–Trinajstić information content (AvgIpc) is 2.37. The van der Waals surface area contributed by atoms with E-state index in [0.29, 0.717) is 16.1 Å². The van der Waals surface area contributed by atoms with E-state index in [9.17, 15) is 9.18 Å². The number of aryl methyl sites for hydroxylation is 1. The predicted molar refractivity (Wildman–Crippen MR) is 73.7 cm³/mol. The van der Waals surface area contributed by atoms with Gasteiger partial charge in [-0.15, -0.1) is 0 Å². The number of allylic oxidation sites excluding steroid dienone is 1. The minimum absolute atomic E-state index is 0.195. The highest BCUT2D eigenvalue weighted by Crippen LogP contribution is 2.16. The fourth-order valence-electron chi connectivity index (χ4n) is 1.60. The Labute approximate surface area is 115 Å². The molecule has 2 nitrogen and oxygen atoms in total. The third-order valence-corrected chi connectivity index (χ3v) is 2.79. The molecule has 0 atom stereocenters. The van der Waals surface area contributed by atoms with Gasteiger partial charge in [-0.25, -0.2) is 4.39 Å². The zero-order valence-electron chi connectivity index (χ0n) is 10.2. The first-order valence-electron chi connectivity index (χ1n) is 5.66. The summed E-state index contributed by atoms with van der Waals surface area (Å²) in [6, 6.07) is 7.62. The molecule has 4 heteroatoms. The minimum atomic E-state index is -0.456. The monoisotopic (exact) mass is 275 g/mol. The number of carbonyl (C=O) groups excluding carboxylic acids is 1. The Kier molecular flexibility index (Phi) is 4.07. The first kappa shape index (κ1) is 13.4. The van der Waals surface area contributed by atoms with Crippen LogP contribution in [0.2, 0.25) is 5.02 Å². The van der Waals surface area contributed by atoms with Crippen LogP contribution in [-0.2, 0) is 0 Å². The number of nitrogens with zero attached hydrogens (tertiary/aromatic N) is 1. The van der Waals surface area contributed by atoms with Crippen LogP contribution in [0.15, 0.2) is 42.6 Å². The van der Waals surface area contributed by atoms with Crippen molar-refractivity contribution in [1.29, 1.82) is 0 Å². The van der Waals surface area contributed by atoms with Gasteiger partial charge in [0.05, 0.1) is 0 Å². The number of halogens is 2. The lowest BCUT2D eigenvalue weighted by molar-refractivity contribution is 0.104. The molecule has 0 saturated heterocycles. The average molecular weight is 276 g/mol. The zero-order chi connectivity index (χ0) is 13.8. The van der Waals surface area contributed by atoms with Gasteiger partial charge in [-0.1, -0.05) is 17.7 Å².